The highest BCUT2D eigenvalue weighted by Gasteiger charge is 2.04. The second-order valence-corrected chi connectivity index (χ2v) is 4.17. The van der Waals surface area contributed by atoms with Gasteiger partial charge in [0.15, 0.2) is 0 Å². The van der Waals surface area contributed by atoms with Crippen molar-refractivity contribution in [1.82, 2.24) is 9.55 Å². The van der Waals surface area contributed by atoms with E-state index in [1.165, 1.54) is 16.8 Å². The van der Waals surface area contributed by atoms with Crippen LogP contribution in [0.5, 0.6) is 0 Å². The Morgan fingerprint density at radius 1 is 1.27 bits per heavy atom. The molecule has 78 valence electrons. The van der Waals surface area contributed by atoms with Crippen molar-refractivity contribution in [2.75, 3.05) is 0 Å². The standard InChI is InChI=1S/C13H16N2/c1-10(2)13-5-4-12(8-11(13)3)15-7-6-14-9-15/h4-10H,1-3H3. The SMILES string of the molecule is Cc1cc(-n2ccnc2)ccc1C(C)C. The molecule has 2 rings (SSSR count). The van der Waals surface area contributed by atoms with Crippen molar-refractivity contribution < 1.29 is 0 Å². The molecule has 0 unspecified atom stereocenters. The van der Waals surface area contributed by atoms with Gasteiger partial charge in [-0.25, -0.2) is 4.98 Å². The Kier molecular flexibility index (Phi) is 2.58. The first-order valence-electron chi connectivity index (χ1n) is 5.27. The van der Waals surface area contributed by atoms with Crippen LogP contribution in [0.4, 0.5) is 0 Å². The number of aryl methyl sites for hydroxylation is 1. The molecular formula is C13H16N2. The van der Waals surface area contributed by atoms with Crippen LogP contribution in [0.1, 0.15) is 30.9 Å². The van der Waals surface area contributed by atoms with Gasteiger partial charge in [0.25, 0.3) is 0 Å². The minimum atomic E-state index is 0.585. The highest BCUT2D eigenvalue weighted by molar-refractivity contribution is 5.41. The molecule has 0 saturated carbocycles. The zero-order chi connectivity index (χ0) is 10.8. The molecule has 0 radical (unpaired) electrons. The van der Waals surface area contributed by atoms with Crippen molar-refractivity contribution >= 4 is 0 Å². The van der Waals surface area contributed by atoms with Crippen LogP contribution in [0.15, 0.2) is 36.9 Å². The van der Waals surface area contributed by atoms with E-state index in [0.717, 1.165) is 0 Å². The largest absolute Gasteiger partial charge is 0.306 e. The fourth-order valence-electron chi connectivity index (χ4n) is 1.88. The molecule has 1 heterocycles. The summed E-state index contributed by atoms with van der Waals surface area (Å²) in [6.07, 6.45) is 5.58. The first kappa shape index (κ1) is 9.97. The summed E-state index contributed by atoms with van der Waals surface area (Å²) in [5.74, 6) is 0.585. The molecule has 1 aromatic carbocycles. The molecule has 2 nitrogen and oxygen atoms in total. The van der Waals surface area contributed by atoms with Gasteiger partial charge in [0.1, 0.15) is 0 Å². The summed E-state index contributed by atoms with van der Waals surface area (Å²) in [5.41, 5.74) is 3.93. The Morgan fingerprint density at radius 3 is 2.60 bits per heavy atom. The van der Waals surface area contributed by atoms with Crippen molar-refractivity contribution in [2.24, 2.45) is 0 Å². The van der Waals surface area contributed by atoms with E-state index in [-0.39, 0.29) is 0 Å². The molecule has 1 aromatic heterocycles. The van der Waals surface area contributed by atoms with E-state index in [9.17, 15) is 0 Å². The zero-order valence-corrected chi connectivity index (χ0v) is 9.44. The third-order valence-electron chi connectivity index (χ3n) is 2.68. The molecule has 0 bridgehead atoms. The third kappa shape index (κ3) is 1.94. The summed E-state index contributed by atoms with van der Waals surface area (Å²) in [4.78, 5) is 4.05. The number of nitrogens with zero attached hydrogens (tertiary/aromatic N) is 2. The monoisotopic (exact) mass is 200 g/mol. The van der Waals surface area contributed by atoms with Crippen LogP contribution >= 0.6 is 0 Å². The summed E-state index contributed by atoms with van der Waals surface area (Å²) < 4.78 is 2.02. The molecular weight excluding hydrogens is 184 g/mol. The Bertz CT molecular complexity index is 442. The van der Waals surface area contributed by atoms with Gasteiger partial charge in [0, 0.05) is 18.1 Å². The molecule has 0 spiro atoms. The molecule has 0 aliphatic carbocycles. The van der Waals surface area contributed by atoms with Crippen molar-refractivity contribution in [3.05, 3.63) is 48.0 Å². The number of aromatic nitrogens is 2. The maximum Gasteiger partial charge on any atom is 0.0991 e. The van der Waals surface area contributed by atoms with Crippen LogP contribution in [0.2, 0.25) is 0 Å². The fourth-order valence-corrected chi connectivity index (χ4v) is 1.88. The third-order valence-corrected chi connectivity index (χ3v) is 2.68. The maximum atomic E-state index is 4.05. The minimum Gasteiger partial charge on any atom is -0.306 e. The summed E-state index contributed by atoms with van der Waals surface area (Å²) in [6, 6.07) is 6.55. The molecule has 0 amide bonds. The van der Waals surface area contributed by atoms with Crippen LogP contribution in [0.3, 0.4) is 0 Å². The van der Waals surface area contributed by atoms with Gasteiger partial charge in [-0.3, -0.25) is 0 Å². The van der Waals surface area contributed by atoms with Gasteiger partial charge >= 0.3 is 0 Å². The van der Waals surface area contributed by atoms with E-state index >= 15 is 0 Å². The predicted molar refractivity (Wildman–Crippen MR) is 62.4 cm³/mol. The minimum absolute atomic E-state index is 0.585. The first-order valence-corrected chi connectivity index (χ1v) is 5.27. The Morgan fingerprint density at radius 2 is 2.07 bits per heavy atom. The highest BCUT2D eigenvalue weighted by Crippen LogP contribution is 2.21. The van der Waals surface area contributed by atoms with E-state index in [1.807, 2.05) is 17.1 Å². The van der Waals surface area contributed by atoms with Gasteiger partial charge in [-0.15, -0.1) is 0 Å². The van der Waals surface area contributed by atoms with E-state index in [1.54, 1.807) is 6.20 Å². The number of imidazole rings is 1. The molecule has 2 heteroatoms. The second-order valence-electron chi connectivity index (χ2n) is 4.17. The fraction of sp³-hybridized carbons (Fsp3) is 0.308. The normalized spacial score (nSPS) is 10.9. The Labute approximate surface area is 90.6 Å². The zero-order valence-electron chi connectivity index (χ0n) is 9.44. The topological polar surface area (TPSA) is 17.8 Å². The lowest BCUT2D eigenvalue weighted by atomic mass is 9.98. The van der Waals surface area contributed by atoms with Crippen LogP contribution < -0.4 is 0 Å². The lowest BCUT2D eigenvalue weighted by molar-refractivity contribution is 0.854. The average molecular weight is 200 g/mol. The molecule has 0 atom stereocenters. The molecule has 2 aromatic rings. The van der Waals surface area contributed by atoms with E-state index in [0.29, 0.717) is 5.92 Å². The van der Waals surface area contributed by atoms with Crippen LogP contribution in [0, 0.1) is 6.92 Å². The van der Waals surface area contributed by atoms with Gasteiger partial charge in [-0.05, 0) is 36.1 Å². The van der Waals surface area contributed by atoms with Gasteiger partial charge in [-0.1, -0.05) is 19.9 Å². The Hall–Kier alpha value is -1.57. The van der Waals surface area contributed by atoms with Crippen LogP contribution in [-0.4, -0.2) is 9.55 Å². The van der Waals surface area contributed by atoms with Crippen molar-refractivity contribution in [1.29, 1.82) is 0 Å². The van der Waals surface area contributed by atoms with E-state index in [4.69, 9.17) is 0 Å². The van der Waals surface area contributed by atoms with E-state index in [2.05, 4.69) is 44.0 Å². The molecule has 0 aliphatic heterocycles. The van der Waals surface area contributed by atoms with Crippen LogP contribution in [-0.2, 0) is 0 Å². The molecule has 0 aliphatic rings. The van der Waals surface area contributed by atoms with Gasteiger partial charge in [0.05, 0.1) is 6.33 Å². The molecule has 0 N–H and O–H groups in total. The van der Waals surface area contributed by atoms with Gasteiger partial charge in [0.2, 0.25) is 0 Å². The van der Waals surface area contributed by atoms with Crippen molar-refractivity contribution in [3.8, 4) is 5.69 Å². The van der Waals surface area contributed by atoms with Crippen molar-refractivity contribution in [2.45, 2.75) is 26.7 Å². The smallest absolute Gasteiger partial charge is 0.0991 e. The van der Waals surface area contributed by atoms with Crippen LogP contribution in [0.25, 0.3) is 5.69 Å². The molecule has 15 heavy (non-hydrogen) atoms. The maximum absolute atomic E-state index is 4.05. The quantitative estimate of drug-likeness (QED) is 0.727. The molecule has 0 saturated heterocycles. The first-order chi connectivity index (χ1) is 7.18. The summed E-state index contributed by atoms with van der Waals surface area (Å²) in [7, 11) is 0. The lowest BCUT2D eigenvalue weighted by Crippen LogP contribution is -1.96. The summed E-state index contributed by atoms with van der Waals surface area (Å²) in [5, 5.41) is 0. The highest BCUT2D eigenvalue weighted by atomic mass is 15.0. The number of rotatable bonds is 2. The number of benzene rings is 1. The van der Waals surface area contributed by atoms with Gasteiger partial charge in [-0.2, -0.15) is 0 Å². The second kappa shape index (κ2) is 3.89. The average Bonchev–Trinajstić information content (AvgIpc) is 2.69. The molecule has 0 fully saturated rings. The lowest BCUT2D eigenvalue weighted by Gasteiger charge is -2.11. The summed E-state index contributed by atoms with van der Waals surface area (Å²) in [6.45, 7) is 6.61. The van der Waals surface area contributed by atoms with E-state index < -0.39 is 0 Å². The predicted octanol–water partition coefficient (Wildman–Crippen LogP) is 3.30. The number of hydrogen-bond acceptors (Lipinski definition) is 1. The Balaban J connectivity index is 2.42. The number of hydrogen-bond donors (Lipinski definition) is 0. The van der Waals surface area contributed by atoms with Crippen molar-refractivity contribution in [3.63, 3.8) is 0 Å². The summed E-state index contributed by atoms with van der Waals surface area (Å²) >= 11 is 0. The van der Waals surface area contributed by atoms with Gasteiger partial charge < -0.3 is 4.57 Å².